The van der Waals surface area contributed by atoms with Crippen LogP contribution in [0.4, 0.5) is 0 Å². The average molecular weight is 650 g/mol. The van der Waals surface area contributed by atoms with Crippen molar-refractivity contribution in [3.63, 3.8) is 0 Å². The molecule has 0 aliphatic heterocycles. The van der Waals surface area contributed by atoms with Crippen LogP contribution in [-0.2, 0) is 23.8 Å². The van der Waals surface area contributed by atoms with Gasteiger partial charge in [-0.1, -0.05) is 85.8 Å². The molecule has 0 saturated heterocycles. The van der Waals surface area contributed by atoms with E-state index in [1.54, 1.807) is 24.3 Å². The van der Waals surface area contributed by atoms with Gasteiger partial charge in [-0.15, -0.1) is 0 Å². The minimum Gasteiger partial charge on any atom is -0.465 e. The van der Waals surface area contributed by atoms with E-state index in [0.717, 1.165) is 48.3 Å². The topological polar surface area (TPSA) is 65.1 Å². The lowest BCUT2D eigenvalue weighted by molar-refractivity contribution is -0.148. The molecule has 6 heteroatoms. The molecule has 0 bridgehead atoms. The zero-order valence-electron chi connectivity index (χ0n) is 31.3. The molecule has 4 rings (SSSR count). The Labute approximate surface area is 286 Å². The third kappa shape index (κ3) is 9.83. The molecular weight excluding hydrogens is 574 g/mol. The molecule has 0 spiro atoms. The summed E-state index contributed by atoms with van der Waals surface area (Å²) < 4.78 is 16.6. The highest BCUT2D eigenvalue weighted by atomic mass is 16.5. The molecule has 0 aromatic rings. The van der Waals surface area contributed by atoms with Crippen LogP contribution in [0, 0.1) is 46.3 Å². The first-order valence-corrected chi connectivity index (χ1v) is 19.3. The SMILES string of the molecule is CCC.CCOC(=O)CN(CCO[C@H]1CC[C@@]2(C)C(=CC[C@@H]3C2CC[C@@]2(C)C3CC[C@@H]2[C@H](C)CCCC(C)C)C1)CC(=O)OCC.[HH].[HH]. The van der Waals surface area contributed by atoms with Crippen molar-refractivity contribution in [2.45, 2.75) is 145 Å². The number of hydrogen-bond acceptors (Lipinski definition) is 6. The van der Waals surface area contributed by atoms with Crippen LogP contribution in [0.25, 0.3) is 0 Å². The van der Waals surface area contributed by atoms with Crippen molar-refractivity contribution in [1.82, 2.24) is 4.90 Å². The highest BCUT2D eigenvalue weighted by molar-refractivity contribution is 5.75. The number of esters is 2. The quantitative estimate of drug-likeness (QED) is 0.130. The third-order valence-electron chi connectivity index (χ3n) is 12.3. The highest BCUT2D eigenvalue weighted by Gasteiger charge is 2.59. The number of fused-ring (bicyclic) bond motifs is 5. The predicted octanol–water partition coefficient (Wildman–Crippen LogP) is 9.75. The molecule has 4 aliphatic carbocycles. The van der Waals surface area contributed by atoms with Gasteiger partial charge in [-0.3, -0.25) is 14.5 Å². The van der Waals surface area contributed by atoms with Gasteiger partial charge in [0, 0.05) is 9.40 Å². The Morgan fingerprint density at radius 1 is 0.913 bits per heavy atom. The second-order valence-corrected chi connectivity index (χ2v) is 16.1. The Morgan fingerprint density at radius 3 is 2.17 bits per heavy atom. The van der Waals surface area contributed by atoms with E-state index in [1.165, 1.54) is 64.2 Å². The van der Waals surface area contributed by atoms with Crippen LogP contribution in [0.5, 0.6) is 0 Å². The summed E-state index contributed by atoms with van der Waals surface area (Å²) in [6.45, 7) is 22.2. The summed E-state index contributed by atoms with van der Waals surface area (Å²) in [6, 6.07) is 0. The number of hydrogen-bond donors (Lipinski definition) is 0. The maximum atomic E-state index is 12.1. The van der Waals surface area contributed by atoms with Crippen molar-refractivity contribution in [3.05, 3.63) is 11.6 Å². The van der Waals surface area contributed by atoms with E-state index in [2.05, 4.69) is 54.5 Å². The van der Waals surface area contributed by atoms with Gasteiger partial charge in [0.15, 0.2) is 0 Å². The van der Waals surface area contributed by atoms with Crippen molar-refractivity contribution < 1.29 is 26.7 Å². The third-order valence-corrected chi connectivity index (χ3v) is 12.3. The lowest BCUT2D eigenvalue weighted by Crippen LogP contribution is -2.51. The van der Waals surface area contributed by atoms with Gasteiger partial charge >= 0.3 is 11.9 Å². The van der Waals surface area contributed by atoms with Gasteiger partial charge in [-0.25, -0.2) is 0 Å². The fourth-order valence-electron chi connectivity index (χ4n) is 10.1. The van der Waals surface area contributed by atoms with Crippen molar-refractivity contribution in [3.8, 4) is 0 Å². The van der Waals surface area contributed by atoms with Gasteiger partial charge < -0.3 is 14.2 Å². The summed E-state index contributed by atoms with van der Waals surface area (Å²) in [5.41, 5.74) is 2.48. The van der Waals surface area contributed by atoms with Gasteiger partial charge in [0.2, 0.25) is 0 Å². The van der Waals surface area contributed by atoms with E-state index in [9.17, 15) is 9.59 Å². The monoisotopic (exact) mass is 650 g/mol. The highest BCUT2D eigenvalue weighted by Crippen LogP contribution is 2.67. The van der Waals surface area contributed by atoms with E-state index in [0.29, 0.717) is 37.2 Å². The molecule has 3 saturated carbocycles. The minimum atomic E-state index is -0.320. The maximum Gasteiger partial charge on any atom is 0.320 e. The van der Waals surface area contributed by atoms with E-state index >= 15 is 0 Å². The summed E-state index contributed by atoms with van der Waals surface area (Å²) >= 11 is 0. The smallest absolute Gasteiger partial charge is 0.320 e. The fourth-order valence-corrected chi connectivity index (χ4v) is 10.1. The number of ether oxygens (including phenoxy) is 3. The first kappa shape index (κ1) is 39.0. The van der Waals surface area contributed by atoms with E-state index in [-0.39, 0.29) is 34.0 Å². The molecule has 0 aromatic heterocycles. The number of carbonyl (C=O) groups excluding carboxylic acids is 2. The minimum absolute atomic E-state index is 0. The molecule has 6 nitrogen and oxygen atoms in total. The fraction of sp³-hybridized carbons (Fsp3) is 0.900. The van der Waals surface area contributed by atoms with Gasteiger partial charge in [-0.2, -0.15) is 0 Å². The molecule has 270 valence electrons. The van der Waals surface area contributed by atoms with E-state index in [1.807, 2.05) is 0 Å². The zero-order chi connectivity index (χ0) is 33.9. The summed E-state index contributed by atoms with van der Waals surface area (Å²) in [5, 5.41) is 0. The lowest BCUT2D eigenvalue weighted by Gasteiger charge is -2.58. The molecule has 46 heavy (non-hydrogen) atoms. The second-order valence-electron chi connectivity index (χ2n) is 16.1. The van der Waals surface area contributed by atoms with Crippen LogP contribution >= 0.6 is 0 Å². The van der Waals surface area contributed by atoms with Gasteiger partial charge in [0.1, 0.15) is 0 Å². The Balaban J connectivity index is 0.00000222. The Morgan fingerprint density at radius 2 is 1.57 bits per heavy atom. The Bertz CT molecular complexity index is 971. The largest absolute Gasteiger partial charge is 0.465 e. The zero-order valence-corrected chi connectivity index (χ0v) is 31.3. The Kier molecular flexibility index (Phi) is 15.6. The molecule has 3 fully saturated rings. The summed E-state index contributed by atoms with van der Waals surface area (Å²) in [6.07, 6.45) is 18.5. The van der Waals surface area contributed by atoms with Crippen LogP contribution in [0.1, 0.15) is 142 Å². The molecule has 0 heterocycles. The van der Waals surface area contributed by atoms with Gasteiger partial charge in [0.05, 0.1) is 39.0 Å². The van der Waals surface area contributed by atoms with Crippen molar-refractivity contribution in [1.29, 1.82) is 0 Å². The molecule has 0 amide bonds. The summed E-state index contributed by atoms with van der Waals surface area (Å²) in [7, 11) is 0. The molecule has 4 aliphatic rings. The van der Waals surface area contributed by atoms with Crippen LogP contribution in [0.15, 0.2) is 11.6 Å². The first-order valence-electron chi connectivity index (χ1n) is 19.3. The molecule has 0 radical (unpaired) electrons. The lowest BCUT2D eigenvalue weighted by atomic mass is 9.47. The van der Waals surface area contributed by atoms with Crippen molar-refractivity contribution in [2.24, 2.45) is 46.3 Å². The summed E-state index contributed by atoms with van der Waals surface area (Å²) in [4.78, 5) is 26.0. The number of nitrogens with zero attached hydrogens (tertiary/aromatic N) is 1. The van der Waals surface area contributed by atoms with E-state index in [4.69, 9.17) is 14.2 Å². The average Bonchev–Trinajstić information content (AvgIpc) is 3.35. The normalized spacial score (nSPS) is 32.4. The number of rotatable bonds is 15. The van der Waals surface area contributed by atoms with Crippen LogP contribution < -0.4 is 0 Å². The number of allylic oxidation sites excluding steroid dienone is 1. The molecule has 8 atom stereocenters. The van der Waals surface area contributed by atoms with Gasteiger partial charge in [0.25, 0.3) is 0 Å². The van der Waals surface area contributed by atoms with Crippen molar-refractivity contribution >= 4 is 11.9 Å². The van der Waals surface area contributed by atoms with Gasteiger partial charge in [-0.05, 0) is 112 Å². The molecule has 0 aromatic carbocycles. The maximum absolute atomic E-state index is 12.1. The Hall–Kier alpha value is -1.40. The number of carbonyl (C=O) groups is 2. The summed E-state index contributed by atoms with van der Waals surface area (Å²) in [5.74, 6) is 4.48. The van der Waals surface area contributed by atoms with E-state index < -0.39 is 0 Å². The second kappa shape index (κ2) is 18.4. The molecule has 2 unspecified atom stereocenters. The standard InChI is InChI=1S/C37H63NO5.C3H8.2H2/c1-8-41-34(39)24-38(25-35(40)42-9-2)21-22-43-29-17-19-36(6)28(23-29)13-14-30-32-16-15-31(27(5)12-10-11-26(3)4)37(32,7)20-18-33(30)36;1-3-2;;/h13,26-27,29-33H,8-12,14-25H2,1-7H3;3H2,1-2H3;2*1H/t27-,29+,30+,31-,32?,33?,36+,37-;;;/m1.../s1. The van der Waals surface area contributed by atoms with Crippen LogP contribution in [-0.4, -0.2) is 62.4 Å². The van der Waals surface area contributed by atoms with Crippen LogP contribution in [0.3, 0.4) is 0 Å². The van der Waals surface area contributed by atoms with Crippen molar-refractivity contribution in [2.75, 3.05) is 39.5 Å². The molecular formula is C40H75NO5. The first-order chi connectivity index (χ1) is 21.9. The van der Waals surface area contributed by atoms with Crippen LogP contribution in [0.2, 0.25) is 0 Å². The molecule has 0 N–H and O–H groups in total. The predicted molar refractivity (Wildman–Crippen MR) is 193 cm³/mol.